The van der Waals surface area contributed by atoms with Gasteiger partial charge in [-0.3, -0.25) is 13.6 Å². The first kappa shape index (κ1) is 12.9. The minimum Gasteiger partial charge on any atom is -0.290 e. The number of nitrogens with zero attached hydrogens (tertiary/aromatic N) is 3. The lowest BCUT2D eigenvalue weighted by Crippen LogP contribution is -2.23. The predicted molar refractivity (Wildman–Crippen MR) is 71.3 cm³/mol. The maximum atomic E-state index is 12.0. The third-order valence-corrected chi connectivity index (χ3v) is 3.46. The lowest BCUT2D eigenvalue weighted by molar-refractivity contribution is 0.591. The van der Waals surface area contributed by atoms with Gasteiger partial charge >= 0.3 is 0 Å². The molecule has 0 aliphatic rings. The van der Waals surface area contributed by atoms with E-state index in [0.717, 1.165) is 10.9 Å². The van der Waals surface area contributed by atoms with Gasteiger partial charge in [0.05, 0.1) is 10.8 Å². The second-order valence-electron chi connectivity index (χ2n) is 4.47. The van der Waals surface area contributed by atoms with Crippen LogP contribution < -0.4 is 5.56 Å². The molecule has 5 nitrogen and oxygen atoms in total. The maximum Gasteiger partial charge on any atom is 0.252 e. The number of pyridine rings is 1. The molecule has 2 rings (SSSR count). The molecule has 0 aliphatic heterocycles. The maximum absolute atomic E-state index is 12.0. The zero-order valence-electron chi connectivity index (χ0n) is 10.8. The van der Waals surface area contributed by atoms with Crippen molar-refractivity contribution in [1.82, 2.24) is 14.5 Å². The lowest BCUT2D eigenvalue weighted by Gasteiger charge is -2.14. The fraction of sp³-hybridized carbons (Fsp3) is 0.417. The van der Waals surface area contributed by atoms with Crippen LogP contribution in [0.4, 0.5) is 0 Å². The van der Waals surface area contributed by atoms with Crippen LogP contribution in [0.5, 0.6) is 0 Å². The number of aromatic nitrogens is 3. The Morgan fingerprint density at radius 2 is 2.06 bits per heavy atom. The molecule has 96 valence electrons. The standard InChI is InChI=1S/C12H15N3O2S/c1-7(2)15-10(16)5-8(3)9-6-13-12(18(4)17)14-11(9)15/h5-7H,1-4H3. The smallest absolute Gasteiger partial charge is 0.252 e. The molecular formula is C12H15N3O2S. The summed E-state index contributed by atoms with van der Waals surface area (Å²) in [5.41, 5.74) is 1.29. The van der Waals surface area contributed by atoms with Gasteiger partial charge in [-0.25, -0.2) is 9.97 Å². The number of rotatable bonds is 2. The highest BCUT2D eigenvalue weighted by molar-refractivity contribution is 7.84. The van der Waals surface area contributed by atoms with E-state index in [-0.39, 0.29) is 16.8 Å². The summed E-state index contributed by atoms with van der Waals surface area (Å²) in [6, 6.07) is 1.57. The number of hydrogen-bond donors (Lipinski definition) is 0. The van der Waals surface area contributed by atoms with Crippen LogP contribution in [0.1, 0.15) is 25.5 Å². The molecule has 0 spiro atoms. The lowest BCUT2D eigenvalue weighted by atomic mass is 10.2. The second-order valence-corrected chi connectivity index (χ2v) is 5.75. The van der Waals surface area contributed by atoms with E-state index in [4.69, 9.17) is 0 Å². The van der Waals surface area contributed by atoms with Gasteiger partial charge in [0, 0.05) is 29.9 Å². The van der Waals surface area contributed by atoms with Crippen LogP contribution in [0.3, 0.4) is 0 Å². The number of aryl methyl sites for hydroxylation is 1. The first-order valence-electron chi connectivity index (χ1n) is 5.64. The molecule has 1 unspecified atom stereocenters. The van der Waals surface area contributed by atoms with Gasteiger partial charge in [0.25, 0.3) is 5.56 Å². The summed E-state index contributed by atoms with van der Waals surface area (Å²) < 4.78 is 13.0. The normalized spacial score (nSPS) is 13.2. The van der Waals surface area contributed by atoms with Crippen LogP contribution in [-0.2, 0) is 10.8 Å². The van der Waals surface area contributed by atoms with Crippen molar-refractivity contribution in [2.75, 3.05) is 6.26 Å². The van der Waals surface area contributed by atoms with Gasteiger partial charge in [-0.1, -0.05) is 0 Å². The summed E-state index contributed by atoms with van der Waals surface area (Å²) >= 11 is 0. The van der Waals surface area contributed by atoms with Crippen LogP contribution in [-0.4, -0.2) is 25.0 Å². The Labute approximate surface area is 107 Å². The van der Waals surface area contributed by atoms with Crippen molar-refractivity contribution in [2.24, 2.45) is 0 Å². The van der Waals surface area contributed by atoms with E-state index < -0.39 is 10.8 Å². The van der Waals surface area contributed by atoms with Gasteiger partial charge in [-0.2, -0.15) is 0 Å². The van der Waals surface area contributed by atoms with Gasteiger partial charge in [-0.15, -0.1) is 0 Å². The Kier molecular flexibility index (Phi) is 3.30. The number of fused-ring (bicyclic) bond motifs is 1. The highest BCUT2D eigenvalue weighted by Crippen LogP contribution is 2.17. The largest absolute Gasteiger partial charge is 0.290 e. The molecule has 0 radical (unpaired) electrons. The first-order chi connectivity index (χ1) is 8.41. The van der Waals surface area contributed by atoms with E-state index in [1.807, 2.05) is 20.8 Å². The molecule has 2 heterocycles. The molecule has 2 aromatic heterocycles. The van der Waals surface area contributed by atoms with E-state index in [9.17, 15) is 9.00 Å². The molecule has 0 aliphatic carbocycles. The van der Waals surface area contributed by atoms with Gasteiger partial charge < -0.3 is 0 Å². The monoisotopic (exact) mass is 265 g/mol. The minimum atomic E-state index is -1.26. The van der Waals surface area contributed by atoms with Crippen molar-refractivity contribution in [1.29, 1.82) is 0 Å². The summed E-state index contributed by atoms with van der Waals surface area (Å²) in [4.78, 5) is 20.3. The summed E-state index contributed by atoms with van der Waals surface area (Å²) in [5, 5.41) is 1.07. The molecule has 0 fully saturated rings. The average Bonchev–Trinajstić information content (AvgIpc) is 2.27. The Hall–Kier alpha value is -1.56. The van der Waals surface area contributed by atoms with Crippen molar-refractivity contribution >= 4 is 21.8 Å². The van der Waals surface area contributed by atoms with Gasteiger partial charge in [-0.05, 0) is 26.3 Å². The molecule has 18 heavy (non-hydrogen) atoms. The van der Waals surface area contributed by atoms with Gasteiger partial charge in [0.15, 0.2) is 0 Å². The quantitative estimate of drug-likeness (QED) is 0.770. The zero-order chi connectivity index (χ0) is 13.4. The third kappa shape index (κ3) is 2.08. The topological polar surface area (TPSA) is 64.8 Å². The second kappa shape index (κ2) is 4.61. The third-order valence-electron chi connectivity index (χ3n) is 2.75. The van der Waals surface area contributed by atoms with Crippen LogP contribution >= 0.6 is 0 Å². The van der Waals surface area contributed by atoms with Crippen molar-refractivity contribution in [2.45, 2.75) is 32.0 Å². The van der Waals surface area contributed by atoms with Crippen molar-refractivity contribution in [3.05, 3.63) is 28.2 Å². The van der Waals surface area contributed by atoms with Crippen molar-refractivity contribution in [3.63, 3.8) is 0 Å². The predicted octanol–water partition coefficient (Wildman–Crippen LogP) is 1.42. The Morgan fingerprint density at radius 1 is 1.39 bits per heavy atom. The molecule has 0 aromatic carbocycles. The van der Waals surface area contributed by atoms with E-state index in [0.29, 0.717) is 5.65 Å². The molecule has 0 saturated heterocycles. The molecule has 1 atom stereocenters. The summed E-state index contributed by atoms with van der Waals surface area (Å²) in [6.07, 6.45) is 3.15. The fourth-order valence-corrected chi connectivity index (χ4v) is 2.31. The Balaban J connectivity index is 2.93. The van der Waals surface area contributed by atoms with Crippen LogP contribution in [0, 0.1) is 6.92 Å². The highest BCUT2D eigenvalue weighted by Gasteiger charge is 2.12. The first-order valence-corrected chi connectivity index (χ1v) is 7.20. The highest BCUT2D eigenvalue weighted by atomic mass is 32.2. The SMILES string of the molecule is Cc1cc(=O)n(C(C)C)c2nc(S(C)=O)ncc12. The Morgan fingerprint density at radius 3 is 2.61 bits per heavy atom. The van der Waals surface area contributed by atoms with E-state index in [1.54, 1.807) is 16.8 Å². The average molecular weight is 265 g/mol. The van der Waals surface area contributed by atoms with E-state index >= 15 is 0 Å². The molecule has 6 heteroatoms. The van der Waals surface area contributed by atoms with Crippen molar-refractivity contribution < 1.29 is 4.21 Å². The van der Waals surface area contributed by atoms with E-state index in [1.165, 1.54) is 6.26 Å². The zero-order valence-corrected chi connectivity index (χ0v) is 11.6. The van der Waals surface area contributed by atoms with Gasteiger partial charge in [0.1, 0.15) is 5.65 Å². The number of hydrogen-bond acceptors (Lipinski definition) is 4. The minimum absolute atomic E-state index is 0.00589. The Bertz CT molecular complexity index is 692. The van der Waals surface area contributed by atoms with Crippen LogP contribution in [0.2, 0.25) is 0 Å². The molecular weight excluding hydrogens is 250 g/mol. The van der Waals surface area contributed by atoms with E-state index in [2.05, 4.69) is 9.97 Å². The summed E-state index contributed by atoms with van der Waals surface area (Å²) in [6.45, 7) is 5.68. The molecule has 2 aromatic rings. The van der Waals surface area contributed by atoms with Crippen molar-refractivity contribution in [3.8, 4) is 0 Å². The van der Waals surface area contributed by atoms with Crippen LogP contribution in [0.25, 0.3) is 11.0 Å². The molecule has 0 N–H and O–H groups in total. The molecule has 0 bridgehead atoms. The van der Waals surface area contributed by atoms with Gasteiger partial charge in [0.2, 0.25) is 5.16 Å². The summed E-state index contributed by atoms with van der Waals surface area (Å²) in [5.74, 6) is 0. The molecule has 0 saturated carbocycles. The fourth-order valence-electron chi connectivity index (χ4n) is 1.89. The van der Waals surface area contributed by atoms with Crippen LogP contribution in [0.15, 0.2) is 22.2 Å². The summed E-state index contributed by atoms with van der Waals surface area (Å²) in [7, 11) is -1.26. The molecule has 0 amide bonds.